The third kappa shape index (κ3) is 2.99. The van der Waals surface area contributed by atoms with Crippen molar-refractivity contribution in [3.05, 3.63) is 54.1 Å². The van der Waals surface area contributed by atoms with E-state index < -0.39 is 0 Å². The SMILES string of the molecule is CCSc1ccccc1NC1CCSc2ccccc21. The topological polar surface area (TPSA) is 12.0 Å². The molecule has 20 heavy (non-hydrogen) atoms. The Labute approximate surface area is 129 Å². The van der Waals surface area contributed by atoms with Crippen LogP contribution in [-0.2, 0) is 0 Å². The lowest BCUT2D eigenvalue weighted by atomic mass is 10.0. The van der Waals surface area contributed by atoms with Gasteiger partial charge in [-0.25, -0.2) is 0 Å². The summed E-state index contributed by atoms with van der Waals surface area (Å²) < 4.78 is 0. The van der Waals surface area contributed by atoms with E-state index in [1.165, 1.54) is 33.2 Å². The highest BCUT2D eigenvalue weighted by Crippen LogP contribution is 2.39. The molecule has 1 atom stereocenters. The number of rotatable bonds is 4. The monoisotopic (exact) mass is 301 g/mol. The summed E-state index contributed by atoms with van der Waals surface area (Å²) in [5.74, 6) is 2.30. The highest BCUT2D eigenvalue weighted by molar-refractivity contribution is 7.99. The van der Waals surface area contributed by atoms with E-state index in [9.17, 15) is 0 Å². The van der Waals surface area contributed by atoms with Crippen molar-refractivity contribution < 1.29 is 0 Å². The van der Waals surface area contributed by atoms with Gasteiger partial charge in [0.25, 0.3) is 0 Å². The summed E-state index contributed by atoms with van der Waals surface area (Å²) in [5, 5.41) is 3.76. The summed E-state index contributed by atoms with van der Waals surface area (Å²) in [6.45, 7) is 2.20. The fraction of sp³-hybridized carbons (Fsp3) is 0.294. The third-order valence-corrected chi connectivity index (χ3v) is 5.55. The summed E-state index contributed by atoms with van der Waals surface area (Å²) >= 11 is 3.88. The molecule has 0 radical (unpaired) electrons. The Balaban J connectivity index is 1.86. The smallest absolute Gasteiger partial charge is 0.0533 e. The maximum Gasteiger partial charge on any atom is 0.0533 e. The van der Waals surface area contributed by atoms with Crippen molar-refractivity contribution >= 4 is 29.2 Å². The molecule has 2 aromatic carbocycles. The molecule has 1 N–H and O–H groups in total. The van der Waals surface area contributed by atoms with Crippen LogP contribution in [0.3, 0.4) is 0 Å². The fourth-order valence-electron chi connectivity index (χ4n) is 2.55. The Bertz CT molecular complexity index is 583. The van der Waals surface area contributed by atoms with Crippen LogP contribution >= 0.6 is 23.5 Å². The fourth-order valence-corrected chi connectivity index (χ4v) is 4.44. The minimum Gasteiger partial charge on any atom is -0.377 e. The molecule has 2 aromatic rings. The normalized spacial score (nSPS) is 17.6. The number of nitrogens with one attached hydrogen (secondary N) is 1. The van der Waals surface area contributed by atoms with Gasteiger partial charge in [-0.1, -0.05) is 37.3 Å². The number of fused-ring (bicyclic) bond motifs is 1. The molecular weight excluding hydrogens is 282 g/mol. The van der Waals surface area contributed by atoms with Crippen LogP contribution in [0.2, 0.25) is 0 Å². The molecule has 0 aromatic heterocycles. The Morgan fingerprint density at radius 1 is 1.15 bits per heavy atom. The second-order valence-electron chi connectivity index (χ2n) is 4.80. The highest BCUT2D eigenvalue weighted by Gasteiger charge is 2.20. The van der Waals surface area contributed by atoms with Crippen molar-refractivity contribution in [2.24, 2.45) is 0 Å². The first-order chi connectivity index (χ1) is 9.88. The lowest BCUT2D eigenvalue weighted by Crippen LogP contribution is -2.16. The summed E-state index contributed by atoms with van der Waals surface area (Å²) in [6.07, 6.45) is 1.19. The Morgan fingerprint density at radius 3 is 2.85 bits per heavy atom. The minimum atomic E-state index is 0.436. The van der Waals surface area contributed by atoms with Crippen LogP contribution in [0.5, 0.6) is 0 Å². The van der Waals surface area contributed by atoms with Crippen LogP contribution in [0.25, 0.3) is 0 Å². The molecule has 1 aliphatic rings. The minimum absolute atomic E-state index is 0.436. The lowest BCUT2D eigenvalue weighted by molar-refractivity contribution is 0.726. The largest absolute Gasteiger partial charge is 0.377 e. The molecule has 0 fully saturated rings. The van der Waals surface area contributed by atoms with Crippen molar-refractivity contribution in [3.63, 3.8) is 0 Å². The molecule has 3 rings (SSSR count). The number of benzene rings is 2. The van der Waals surface area contributed by atoms with Crippen molar-refractivity contribution in [1.82, 2.24) is 0 Å². The predicted octanol–water partition coefficient (Wildman–Crippen LogP) is 5.45. The van der Waals surface area contributed by atoms with Gasteiger partial charge in [0.15, 0.2) is 0 Å². The van der Waals surface area contributed by atoms with E-state index in [1.807, 2.05) is 23.5 Å². The number of thioether (sulfide) groups is 2. The van der Waals surface area contributed by atoms with E-state index in [4.69, 9.17) is 0 Å². The quantitative estimate of drug-likeness (QED) is 0.754. The van der Waals surface area contributed by atoms with E-state index >= 15 is 0 Å². The van der Waals surface area contributed by atoms with E-state index in [0.717, 1.165) is 5.75 Å². The predicted molar refractivity (Wildman–Crippen MR) is 91.0 cm³/mol. The first kappa shape index (κ1) is 13.9. The first-order valence-corrected chi connectivity index (χ1v) is 9.05. The molecule has 104 valence electrons. The molecule has 0 amide bonds. The zero-order valence-electron chi connectivity index (χ0n) is 11.6. The van der Waals surface area contributed by atoms with Crippen molar-refractivity contribution in [1.29, 1.82) is 0 Å². The summed E-state index contributed by atoms with van der Waals surface area (Å²) in [6, 6.07) is 17.9. The zero-order chi connectivity index (χ0) is 13.8. The van der Waals surface area contributed by atoms with Gasteiger partial charge in [-0.05, 0) is 35.9 Å². The maximum absolute atomic E-state index is 3.76. The average molecular weight is 301 g/mol. The van der Waals surface area contributed by atoms with Gasteiger partial charge in [0, 0.05) is 21.2 Å². The summed E-state index contributed by atoms with van der Waals surface area (Å²) in [7, 11) is 0. The van der Waals surface area contributed by atoms with E-state index in [0.29, 0.717) is 6.04 Å². The molecule has 0 aliphatic carbocycles. The highest BCUT2D eigenvalue weighted by atomic mass is 32.2. The van der Waals surface area contributed by atoms with Crippen LogP contribution in [-0.4, -0.2) is 11.5 Å². The number of hydrogen-bond acceptors (Lipinski definition) is 3. The van der Waals surface area contributed by atoms with Crippen LogP contribution in [0.1, 0.15) is 24.9 Å². The standard InChI is InChI=1S/C17H19NS2/c1-2-19-17-10-6-4-8-15(17)18-14-11-12-20-16-9-5-3-7-13(14)16/h3-10,14,18H,2,11-12H2,1H3. The van der Waals surface area contributed by atoms with Crippen molar-refractivity contribution in [2.45, 2.75) is 29.2 Å². The Kier molecular flexibility index (Phi) is 4.58. The van der Waals surface area contributed by atoms with E-state index in [-0.39, 0.29) is 0 Å². The Hall–Kier alpha value is -1.06. The van der Waals surface area contributed by atoms with Gasteiger partial charge in [-0.15, -0.1) is 23.5 Å². The van der Waals surface area contributed by atoms with Gasteiger partial charge in [0.2, 0.25) is 0 Å². The molecule has 1 unspecified atom stereocenters. The van der Waals surface area contributed by atoms with Crippen LogP contribution in [0.15, 0.2) is 58.3 Å². The molecule has 1 aliphatic heterocycles. The molecule has 3 heteroatoms. The molecule has 0 saturated heterocycles. The molecular formula is C17H19NS2. The van der Waals surface area contributed by atoms with Crippen molar-refractivity contribution in [2.75, 3.05) is 16.8 Å². The van der Waals surface area contributed by atoms with Gasteiger partial charge in [0.1, 0.15) is 0 Å². The zero-order valence-corrected chi connectivity index (χ0v) is 13.3. The van der Waals surface area contributed by atoms with E-state index in [1.54, 1.807) is 0 Å². The van der Waals surface area contributed by atoms with Gasteiger partial charge < -0.3 is 5.32 Å². The second-order valence-corrected chi connectivity index (χ2v) is 7.24. The maximum atomic E-state index is 3.76. The van der Waals surface area contributed by atoms with Crippen LogP contribution in [0.4, 0.5) is 5.69 Å². The number of hydrogen-bond donors (Lipinski definition) is 1. The summed E-state index contributed by atoms with van der Waals surface area (Å²) in [5.41, 5.74) is 2.71. The first-order valence-electron chi connectivity index (χ1n) is 7.08. The summed E-state index contributed by atoms with van der Waals surface area (Å²) in [4.78, 5) is 2.78. The van der Waals surface area contributed by atoms with Gasteiger partial charge >= 0.3 is 0 Å². The molecule has 1 nitrogen and oxygen atoms in total. The second kappa shape index (κ2) is 6.59. The molecule has 0 saturated carbocycles. The lowest BCUT2D eigenvalue weighted by Gasteiger charge is -2.27. The van der Waals surface area contributed by atoms with E-state index in [2.05, 4.69) is 60.8 Å². The van der Waals surface area contributed by atoms with Crippen LogP contribution < -0.4 is 5.32 Å². The molecule has 0 spiro atoms. The number of para-hydroxylation sites is 1. The number of anilines is 1. The van der Waals surface area contributed by atoms with Crippen LogP contribution in [0, 0.1) is 0 Å². The van der Waals surface area contributed by atoms with Gasteiger partial charge in [-0.3, -0.25) is 0 Å². The molecule has 1 heterocycles. The van der Waals surface area contributed by atoms with Gasteiger partial charge in [0.05, 0.1) is 6.04 Å². The average Bonchev–Trinajstić information content (AvgIpc) is 2.50. The Morgan fingerprint density at radius 2 is 1.95 bits per heavy atom. The molecule has 0 bridgehead atoms. The van der Waals surface area contributed by atoms with Gasteiger partial charge in [-0.2, -0.15) is 0 Å². The van der Waals surface area contributed by atoms with Crippen molar-refractivity contribution in [3.8, 4) is 0 Å². The third-order valence-electron chi connectivity index (χ3n) is 3.48.